The first-order valence-corrected chi connectivity index (χ1v) is 10.6. The number of hydrogen-bond acceptors (Lipinski definition) is 8. The molecule has 0 amide bonds. The van der Waals surface area contributed by atoms with E-state index in [0.717, 1.165) is 11.7 Å². The van der Waals surface area contributed by atoms with E-state index in [4.69, 9.17) is 0 Å². The Hall–Kier alpha value is -1.78. The Balaban J connectivity index is 1.48. The normalized spacial score (nSPS) is 20.2. The summed E-state index contributed by atoms with van der Waals surface area (Å²) in [6.07, 6.45) is 6.21. The summed E-state index contributed by atoms with van der Waals surface area (Å²) in [5.41, 5.74) is 0.968. The second-order valence-electron chi connectivity index (χ2n) is 6.36. The summed E-state index contributed by atoms with van der Waals surface area (Å²) in [7, 11) is -3.76. The van der Waals surface area contributed by atoms with Gasteiger partial charge in [0, 0.05) is 6.04 Å². The van der Waals surface area contributed by atoms with E-state index in [1.54, 1.807) is 12.1 Å². The minimum absolute atomic E-state index is 0.123. The molecule has 0 bridgehead atoms. The second kappa shape index (κ2) is 6.85. The molecule has 134 valence electrons. The molecule has 1 aliphatic heterocycles. The molecule has 8 nitrogen and oxygen atoms in total. The largest absolute Gasteiger partial charge is 0.343 e. The van der Waals surface area contributed by atoms with Crippen LogP contribution in [0.15, 0.2) is 28.1 Å². The Morgan fingerprint density at radius 3 is 2.80 bits per heavy atom. The van der Waals surface area contributed by atoms with Crippen molar-refractivity contribution in [2.75, 3.05) is 13.3 Å². The first-order chi connectivity index (χ1) is 12.1. The number of hydrogen-bond donors (Lipinski definition) is 2. The molecule has 0 atom stereocenters. The van der Waals surface area contributed by atoms with Gasteiger partial charge in [-0.25, -0.2) is 18.1 Å². The van der Waals surface area contributed by atoms with Crippen LogP contribution in [0, 0.1) is 0 Å². The third kappa shape index (κ3) is 3.46. The molecule has 0 saturated heterocycles. The zero-order valence-corrected chi connectivity index (χ0v) is 15.3. The van der Waals surface area contributed by atoms with Gasteiger partial charge >= 0.3 is 0 Å². The summed E-state index contributed by atoms with van der Waals surface area (Å²) in [6.45, 7) is 1.12. The summed E-state index contributed by atoms with van der Waals surface area (Å²) in [6, 6.07) is 5.48. The predicted molar refractivity (Wildman–Crippen MR) is 96.8 cm³/mol. The van der Waals surface area contributed by atoms with Crippen LogP contribution < -0.4 is 10.0 Å². The van der Waals surface area contributed by atoms with Crippen LogP contribution >= 0.6 is 11.7 Å². The molecular formula is C15H20N6O2S2. The summed E-state index contributed by atoms with van der Waals surface area (Å²) < 4.78 is 36.1. The topological polar surface area (TPSA) is 99.6 Å². The van der Waals surface area contributed by atoms with E-state index < -0.39 is 10.0 Å². The zero-order valence-electron chi connectivity index (χ0n) is 13.7. The van der Waals surface area contributed by atoms with Crippen molar-refractivity contribution < 1.29 is 8.42 Å². The van der Waals surface area contributed by atoms with Crippen molar-refractivity contribution in [3.05, 3.63) is 18.2 Å². The molecule has 0 spiro atoms. The van der Waals surface area contributed by atoms with Gasteiger partial charge in [-0.2, -0.15) is 8.75 Å². The Kier molecular flexibility index (Phi) is 4.57. The number of sulfonamides is 1. The summed E-state index contributed by atoms with van der Waals surface area (Å²) >= 11 is 1.00. The molecule has 1 aliphatic carbocycles. The molecule has 1 saturated carbocycles. The molecule has 2 aliphatic rings. The SMILES string of the molecule is O=S(=O)(NC1=NCN(C2CCCCC2)CN1)c1cccc2nsnc12. The fourth-order valence-corrected chi connectivity index (χ4v) is 5.15. The molecule has 4 rings (SSSR count). The monoisotopic (exact) mass is 380 g/mol. The summed E-state index contributed by atoms with van der Waals surface area (Å²) in [5.74, 6) is 0.284. The van der Waals surface area contributed by atoms with Gasteiger partial charge < -0.3 is 5.32 Å². The summed E-state index contributed by atoms with van der Waals surface area (Å²) in [5, 5.41) is 3.09. The molecule has 2 heterocycles. The van der Waals surface area contributed by atoms with Crippen molar-refractivity contribution in [1.29, 1.82) is 0 Å². The number of nitrogens with one attached hydrogen (secondary N) is 2. The van der Waals surface area contributed by atoms with Crippen molar-refractivity contribution in [1.82, 2.24) is 23.7 Å². The van der Waals surface area contributed by atoms with Gasteiger partial charge in [-0.05, 0) is 25.0 Å². The lowest BCUT2D eigenvalue weighted by Crippen LogP contribution is -2.53. The molecule has 1 aromatic heterocycles. The van der Waals surface area contributed by atoms with Gasteiger partial charge in [0.15, 0.2) is 0 Å². The van der Waals surface area contributed by atoms with Gasteiger partial charge in [-0.1, -0.05) is 25.3 Å². The molecule has 2 N–H and O–H groups in total. The van der Waals surface area contributed by atoms with Gasteiger partial charge in [0.25, 0.3) is 10.0 Å². The smallest absolute Gasteiger partial charge is 0.266 e. The van der Waals surface area contributed by atoms with Crippen molar-refractivity contribution >= 4 is 38.7 Å². The first-order valence-electron chi connectivity index (χ1n) is 8.40. The van der Waals surface area contributed by atoms with Crippen LogP contribution in [0.4, 0.5) is 0 Å². The van der Waals surface area contributed by atoms with E-state index in [-0.39, 0.29) is 10.9 Å². The highest BCUT2D eigenvalue weighted by Gasteiger charge is 2.26. The number of benzene rings is 1. The standard InChI is InChI=1S/C15H20N6O2S2/c22-25(23,13-8-4-7-12-14(13)19-24-18-12)20-15-16-9-21(10-17-15)11-5-2-1-3-6-11/h4,7-8,11H,1-3,5-6,9-10H2,(H2,16,17,20). The van der Waals surface area contributed by atoms with Crippen LogP contribution in [0.25, 0.3) is 11.0 Å². The zero-order chi connectivity index (χ0) is 17.3. The number of fused-ring (bicyclic) bond motifs is 1. The number of aliphatic imine (C=N–C) groups is 1. The summed E-state index contributed by atoms with van der Waals surface area (Å²) in [4.78, 5) is 6.76. The molecule has 0 unspecified atom stereocenters. The highest BCUT2D eigenvalue weighted by atomic mass is 32.2. The van der Waals surface area contributed by atoms with E-state index in [1.807, 2.05) is 0 Å². The Labute approximate surface area is 150 Å². The lowest BCUT2D eigenvalue weighted by atomic mass is 9.94. The predicted octanol–water partition coefficient (Wildman–Crippen LogP) is 1.48. The van der Waals surface area contributed by atoms with Gasteiger partial charge in [0.1, 0.15) is 15.9 Å². The third-order valence-corrected chi connectivity index (χ3v) is 6.63. The highest BCUT2D eigenvalue weighted by Crippen LogP contribution is 2.23. The maximum Gasteiger partial charge on any atom is 0.266 e. The van der Waals surface area contributed by atoms with E-state index in [1.165, 1.54) is 38.2 Å². The van der Waals surface area contributed by atoms with Gasteiger partial charge in [-0.15, -0.1) is 0 Å². The first kappa shape index (κ1) is 16.7. The molecule has 25 heavy (non-hydrogen) atoms. The van der Waals surface area contributed by atoms with Crippen LogP contribution in [0.3, 0.4) is 0 Å². The number of rotatable bonds is 3. The maximum atomic E-state index is 12.7. The lowest BCUT2D eigenvalue weighted by molar-refractivity contribution is 0.149. The van der Waals surface area contributed by atoms with Gasteiger partial charge in [0.05, 0.1) is 25.1 Å². The lowest BCUT2D eigenvalue weighted by Gasteiger charge is -2.35. The third-order valence-electron chi connectivity index (χ3n) is 4.72. The van der Waals surface area contributed by atoms with Crippen LogP contribution in [0.1, 0.15) is 32.1 Å². The molecule has 1 aromatic carbocycles. The second-order valence-corrected chi connectivity index (χ2v) is 8.54. The van der Waals surface area contributed by atoms with E-state index in [9.17, 15) is 8.42 Å². The van der Waals surface area contributed by atoms with Crippen LogP contribution in [0.2, 0.25) is 0 Å². The minimum atomic E-state index is -3.76. The van der Waals surface area contributed by atoms with Gasteiger partial charge in [-0.3, -0.25) is 4.90 Å². The molecule has 1 fully saturated rings. The van der Waals surface area contributed by atoms with Crippen molar-refractivity contribution in [3.8, 4) is 0 Å². The van der Waals surface area contributed by atoms with E-state index in [2.05, 4.69) is 28.7 Å². The maximum absolute atomic E-state index is 12.7. The number of aromatic nitrogens is 2. The molecule has 0 radical (unpaired) electrons. The van der Waals surface area contributed by atoms with Crippen molar-refractivity contribution in [2.24, 2.45) is 4.99 Å². The average molecular weight is 380 g/mol. The molecule has 10 heteroatoms. The fourth-order valence-electron chi connectivity index (χ4n) is 3.38. The Morgan fingerprint density at radius 2 is 2.04 bits per heavy atom. The van der Waals surface area contributed by atoms with Crippen molar-refractivity contribution in [3.63, 3.8) is 0 Å². The molecule has 2 aromatic rings. The van der Waals surface area contributed by atoms with Gasteiger partial charge in [0.2, 0.25) is 5.96 Å². The van der Waals surface area contributed by atoms with Crippen molar-refractivity contribution in [2.45, 2.75) is 43.0 Å². The Morgan fingerprint density at radius 1 is 1.20 bits per heavy atom. The van der Waals surface area contributed by atoms with E-state index >= 15 is 0 Å². The fraction of sp³-hybridized carbons (Fsp3) is 0.533. The number of guanidine groups is 1. The minimum Gasteiger partial charge on any atom is -0.343 e. The Bertz CT molecular complexity index is 888. The quantitative estimate of drug-likeness (QED) is 0.837. The number of nitrogens with zero attached hydrogens (tertiary/aromatic N) is 4. The van der Waals surface area contributed by atoms with Crippen LogP contribution in [-0.4, -0.2) is 47.4 Å². The van der Waals surface area contributed by atoms with Crippen LogP contribution in [0.5, 0.6) is 0 Å². The van der Waals surface area contributed by atoms with E-state index in [0.29, 0.717) is 30.4 Å². The average Bonchev–Trinajstić information content (AvgIpc) is 3.11. The highest BCUT2D eigenvalue weighted by molar-refractivity contribution is 7.90. The molecular weight excluding hydrogens is 360 g/mol. The van der Waals surface area contributed by atoms with Crippen LogP contribution in [-0.2, 0) is 10.0 Å².